The van der Waals surface area contributed by atoms with Crippen LogP contribution < -0.4 is 0 Å². The number of carbonyl (C=O) groups is 3. The van der Waals surface area contributed by atoms with Crippen LogP contribution in [0.1, 0.15) is 220 Å². The van der Waals surface area contributed by atoms with Crippen molar-refractivity contribution in [3.8, 4) is 0 Å². The molecule has 0 fully saturated rings. The van der Waals surface area contributed by atoms with E-state index in [1.54, 1.807) is 0 Å². The van der Waals surface area contributed by atoms with Crippen molar-refractivity contribution in [1.82, 2.24) is 0 Å². The Morgan fingerprint density at radius 3 is 1.19 bits per heavy atom. The molecule has 6 heteroatoms. The van der Waals surface area contributed by atoms with Gasteiger partial charge in [0.15, 0.2) is 6.10 Å². The van der Waals surface area contributed by atoms with Gasteiger partial charge in [-0.25, -0.2) is 0 Å². The Morgan fingerprint density at radius 2 is 0.707 bits per heavy atom. The predicted molar refractivity (Wildman–Crippen MR) is 247 cm³/mol. The van der Waals surface area contributed by atoms with E-state index in [0.717, 1.165) is 89.9 Å². The van der Waals surface area contributed by atoms with E-state index in [0.29, 0.717) is 19.3 Å². The second-order valence-electron chi connectivity index (χ2n) is 15.6. The summed E-state index contributed by atoms with van der Waals surface area (Å²) < 4.78 is 16.7. The lowest BCUT2D eigenvalue weighted by Crippen LogP contribution is -2.30. The van der Waals surface area contributed by atoms with Gasteiger partial charge in [-0.3, -0.25) is 14.4 Å². The van der Waals surface area contributed by atoms with Crippen LogP contribution in [0, 0.1) is 0 Å². The molecule has 0 aliphatic rings. The van der Waals surface area contributed by atoms with Crippen molar-refractivity contribution in [1.29, 1.82) is 0 Å². The summed E-state index contributed by atoms with van der Waals surface area (Å²) in [6.07, 6.45) is 57.4. The molecule has 1 atom stereocenters. The lowest BCUT2D eigenvalue weighted by molar-refractivity contribution is -0.167. The largest absolute Gasteiger partial charge is 0.462 e. The van der Waals surface area contributed by atoms with Crippen LogP contribution >= 0.6 is 0 Å². The lowest BCUT2D eigenvalue weighted by Gasteiger charge is -2.18. The molecule has 0 bridgehead atoms. The molecule has 0 rings (SSSR count). The molecule has 332 valence electrons. The first kappa shape index (κ1) is 54.9. The monoisotopic (exact) mass is 809 g/mol. The fourth-order valence-corrected chi connectivity index (χ4v) is 6.34. The van der Waals surface area contributed by atoms with Crippen LogP contribution in [0.5, 0.6) is 0 Å². The number of carbonyl (C=O) groups excluding carboxylic acids is 3. The first-order valence-corrected chi connectivity index (χ1v) is 23.9. The van der Waals surface area contributed by atoms with Crippen LogP contribution in [0.25, 0.3) is 0 Å². The molecule has 6 nitrogen and oxygen atoms in total. The highest BCUT2D eigenvalue weighted by Gasteiger charge is 2.19. The standard InChI is InChI=1S/C52H88O6/c1-4-7-10-13-16-19-22-24-25-26-27-28-31-33-36-39-42-45-51(54)57-48-49(47-56-50(53)44-41-38-35-32-29-21-18-15-12-9-6-3)58-52(55)46-43-40-37-34-30-23-20-17-14-11-8-5-2/h7,10,15-16,18-19,24-25,27-28,33,36,49H,4-6,8-9,11-14,17,20-23,26,29-32,34-35,37-48H2,1-3H3/b10-7-,18-15-,19-16-,25-24-,28-27-,36-33-. The van der Waals surface area contributed by atoms with Crippen molar-refractivity contribution < 1.29 is 28.6 Å². The second kappa shape index (κ2) is 46.5. The summed E-state index contributed by atoms with van der Waals surface area (Å²) in [7, 11) is 0. The minimum atomic E-state index is -0.797. The Bertz CT molecular complexity index is 1110. The normalized spacial score (nSPS) is 12.7. The zero-order chi connectivity index (χ0) is 42.3. The van der Waals surface area contributed by atoms with Gasteiger partial charge in [0.25, 0.3) is 0 Å². The third-order valence-corrected chi connectivity index (χ3v) is 9.95. The minimum absolute atomic E-state index is 0.0965. The Labute approximate surface area is 357 Å². The summed E-state index contributed by atoms with van der Waals surface area (Å²) in [6, 6.07) is 0. The molecule has 1 unspecified atom stereocenters. The maximum Gasteiger partial charge on any atom is 0.306 e. The molecule has 0 amide bonds. The molecule has 58 heavy (non-hydrogen) atoms. The van der Waals surface area contributed by atoms with Gasteiger partial charge in [0.2, 0.25) is 0 Å². The number of hydrogen-bond donors (Lipinski definition) is 0. The van der Waals surface area contributed by atoms with E-state index < -0.39 is 6.10 Å². The molecule has 0 saturated carbocycles. The predicted octanol–water partition coefficient (Wildman–Crippen LogP) is 15.5. The van der Waals surface area contributed by atoms with E-state index in [-0.39, 0.29) is 37.5 Å². The third-order valence-electron chi connectivity index (χ3n) is 9.95. The van der Waals surface area contributed by atoms with Gasteiger partial charge in [0.1, 0.15) is 13.2 Å². The molecule has 0 aliphatic heterocycles. The molecular weight excluding hydrogens is 721 g/mol. The van der Waals surface area contributed by atoms with E-state index in [4.69, 9.17) is 14.2 Å². The first-order chi connectivity index (χ1) is 28.5. The highest BCUT2D eigenvalue weighted by atomic mass is 16.6. The zero-order valence-electron chi connectivity index (χ0n) is 37.8. The zero-order valence-corrected chi connectivity index (χ0v) is 37.8. The highest BCUT2D eigenvalue weighted by molar-refractivity contribution is 5.71. The van der Waals surface area contributed by atoms with Gasteiger partial charge in [-0.1, -0.05) is 196 Å². The summed E-state index contributed by atoms with van der Waals surface area (Å²) in [6.45, 7) is 6.41. The van der Waals surface area contributed by atoms with Crippen LogP contribution in [0.2, 0.25) is 0 Å². The average molecular weight is 809 g/mol. The average Bonchev–Trinajstić information content (AvgIpc) is 3.22. The molecule has 0 aliphatic carbocycles. The molecule has 0 aromatic rings. The third kappa shape index (κ3) is 44.0. The van der Waals surface area contributed by atoms with Crippen LogP contribution in [0.15, 0.2) is 72.9 Å². The van der Waals surface area contributed by atoms with Gasteiger partial charge in [-0.15, -0.1) is 0 Å². The summed E-state index contributed by atoms with van der Waals surface area (Å²) in [5.41, 5.74) is 0. The Morgan fingerprint density at radius 1 is 0.362 bits per heavy atom. The second-order valence-corrected chi connectivity index (χ2v) is 15.6. The smallest absolute Gasteiger partial charge is 0.306 e. The molecule has 0 spiro atoms. The molecule has 0 radical (unpaired) electrons. The van der Waals surface area contributed by atoms with E-state index in [1.807, 2.05) is 0 Å². The van der Waals surface area contributed by atoms with Crippen molar-refractivity contribution in [2.24, 2.45) is 0 Å². The van der Waals surface area contributed by atoms with Crippen molar-refractivity contribution in [2.45, 2.75) is 226 Å². The van der Waals surface area contributed by atoms with Crippen molar-refractivity contribution in [2.75, 3.05) is 13.2 Å². The van der Waals surface area contributed by atoms with Gasteiger partial charge in [-0.05, 0) is 77.0 Å². The Hall–Kier alpha value is -3.15. The topological polar surface area (TPSA) is 78.9 Å². The molecule has 0 N–H and O–H groups in total. The van der Waals surface area contributed by atoms with Gasteiger partial charge in [0.05, 0.1) is 0 Å². The Kier molecular flexibility index (Phi) is 44.0. The lowest BCUT2D eigenvalue weighted by atomic mass is 10.0. The van der Waals surface area contributed by atoms with Crippen molar-refractivity contribution in [3.63, 3.8) is 0 Å². The maximum atomic E-state index is 12.7. The highest BCUT2D eigenvalue weighted by Crippen LogP contribution is 2.14. The fraction of sp³-hybridized carbons (Fsp3) is 0.712. The van der Waals surface area contributed by atoms with E-state index >= 15 is 0 Å². The fourth-order valence-electron chi connectivity index (χ4n) is 6.34. The molecule has 0 aromatic carbocycles. The van der Waals surface area contributed by atoms with Crippen LogP contribution in [-0.4, -0.2) is 37.2 Å². The number of esters is 3. The summed E-state index contributed by atoms with van der Waals surface area (Å²) in [4.78, 5) is 37.8. The summed E-state index contributed by atoms with van der Waals surface area (Å²) in [5.74, 6) is -0.968. The van der Waals surface area contributed by atoms with Gasteiger partial charge in [0, 0.05) is 19.3 Å². The number of unbranched alkanes of at least 4 members (excludes halogenated alkanes) is 19. The Balaban J connectivity index is 4.47. The number of rotatable bonds is 42. The molecular formula is C52H88O6. The van der Waals surface area contributed by atoms with Crippen molar-refractivity contribution >= 4 is 17.9 Å². The molecule has 0 saturated heterocycles. The molecule has 0 aromatic heterocycles. The minimum Gasteiger partial charge on any atom is -0.462 e. The van der Waals surface area contributed by atoms with E-state index in [9.17, 15) is 14.4 Å². The van der Waals surface area contributed by atoms with Gasteiger partial charge >= 0.3 is 17.9 Å². The van der Waals surface area contributed by atoms with E-state index in [1.165, 1.54) is 83.5 Å². The summed E-state index contributed by atoms with van der Waals surface area (Å²) >= 11 is 0. The quantitative estimate of drug-likeness (QED) is 0.0264. The van der Waals surface area contributed by atoms with Gasteiger partial charge < -0.3 is 14.2 Å². The SMILES string of the molecule is CC/C=C\C/C=C\C/C=C\C/C=C\C/C=C\CCCC(=O)OCC(COC(=O)CCCCCCC/C=C\CCCC)OC(=O)CCCCCCCCCCCCCC. The van der Waals surface area contributed by atoms with Gasteiger partial charge in [-0.2, -0.15) is 0 Å². The number of hydrogen-bond acceptors (Lipinski definition) is 6. The van der Waals surface area contributed by atoms with Crippen LogP contribution in [-0.2, 0) is 28.6 Å². The first-order valence-electron chi connectivity index (χ1n) is 23.9. The number of ether oxygens (including phenoxy) is 3. The number of allylic oxidation sites excluding steroid dienone is 12. The summed E-state index contributed by atoms with van der Waals surface area (Å²) in [5, 5.41) is 0. The van der Waals surface area contributed by atoms with Crippen LogP contribution in [0.3, 0.4) is 0 Å². The van der Waals surface area contributed by atoms with E-state index in [2.05, 4.69) is 93.7 Å². The molecule has 0 heterocycles. The van der Waals surface area contributed by atoms with Crippen molar-refractivity contribution in [3.05, 3.63) is 72.9 Å². The maximum absolute atomic E-state index is 12.7. The van der Waals surface area contributed by atoms with Crippen LogP contribution in [0.4, 0.5) is 0 Å².